The van der Waals surface area contributed by atoms with Crippen LogP contribution >= 0.6 is 11.3 Å². The number of hydrogen-bond acceptors (Lipinski definition) is 6. The van der Waals surface area contributed by atoms with Crippen LogP contribution in [0.2, 0.25) is 0 Å². The average molecular weight is 416 g/mol. The lowest BCUT2D eigenvalue weighted by molar-refractivity contribution is -0.122. The molecule has 2 aromatic rings. The minimum absolute atomic E-state index is 0.127. The van der Waals surface area contributed by atoms with Crippen LogP contribution in [0.3, 0.4) is 0 Å². The molecule has 0 unspecified atom stereocenters. The first-order valence-electron chi connectivity index (χ1n) is 10.3. The number of thiazole rings is 1. The zero-order valence-corrected chi connectivity index (χ0v) is 18.2. The van der Waals surface area contributed by atoms with Crippen molar-refractivity contribution in [3.8, 4) is 5.13 Å². The number of Topliss-reactive ketones (excluding diaryl/α,β-unsaturated/α-hetero) is 1. The van der Waals surface area contributed by atoms with Crippen LogP contribution in [0.1, 0.15) is 40.3 Å². The van der Waals surface area contributed by atoms with E-state index in [1.54, 1.807) is 11.3 Å². The monoisotopic (exact) mass is 415 g/mol. The molecule has 1 N–H and O–H groups in total. The maximum Gasteiger partial charge on any atom is 0.234 e. The molecule has 1 amide bonds. The van der Waals surface area contributed by atoms with Crippen molar-refractivity contribution < 1.29 is 9.59 Å². The maximum atomic E-state index is 13.0. The SMILES string of the molecule is Cc1csc(-n2c(C)cc(C(=O)CN3CCN(CC(=O)NC4CC4)CC3)c2C)n1. The summed E-state index contributed by atoms with van der Waals surface area (Å²) in [5, 5.41) is 5.98. The Bertz CT molecular complexity index is 906. The Hall–Kier alpha value is -2.03. The molecule has 1 saturated heterocycles. The largest absolute Gasteiger partial charge is 0.352 e. The average Bonchev–Trinajstić information content (AvgIpc) is 3.30. The number of carbonyl (C=O) groups is 2. The number of hydrogen-bond donors (Lipinski definition) is 1. The van der Waals surface area contributed by atoms with Crippen molar-refractivity contribution in [2.45, 2.75) is 39.7 Å². The van der Waals surface area contributed by atoms with Crippen LogP contribution in [0.25, 0.3) is 5.13 Å². The third-order valence-electron chi connectivity index (χ3n) is 5.67. The van der Waals surface area contributed by atoms with Crippen LogP contribution in [-0.4, -0.2) is 76.4 Å². The summed E-state index contributed by atoms with van der Waals surface area (Å²) in [7, 11) is 0. The zero-order valence-electron chi connectivity index (χ0n) is 17.4. The van der Waals surface area contributed by atoms with Gasteiger partial charge in [-0.1, -0.05) is 0 Å². The van der Waals surface area contributed by atoms with Gasteiger partial charge in [-0.25, -0.2) is 4.98 Å². The minimum Gasteiger partial charge on any atom is -0.352 e. The maximum absolute atomic E-state index is 13.0. The normalized spacial score (nSPS) is 18.2. The fourth-order valence-corrected chi connectivity index (χ4v) is 4.79. The second kappa shape index (κ2) is 8.38. The number of nitrogens with zero attached hydrogens (tertiary/aromatic N) is 4. The molecule has 7 nitrogen and oxygen atoms in total. The molecule has 1 aliphatic heterocycles. The third kappa shape index (κ3) is 4.76. The first kappa shape index (κ1) is 20.3. The molecule has 2 aliphatic rings. The fraction of sp³-hybridized carbons (Fsp3) is 0.571. The number of ketones is 1. The molecule has 29 heavy (non-hydrogen) atoms. The van der Waals surface area contributed by atoms with Gasteiger partial charge in [0.25, 0.3) is 0 Å². The van der Waals surface area contributed by atoms with E-state index in [0.29, 0.717) is 19.1 Å². The number of piperazine rings is 1. The van der Waals surface area contributed by atoms with Gasteiger partial charge >= 0.3 is 0 Å². The molecule has 0 atom stereocenters. The van der Waals surface area contributed by atoms with Crippen molar-refractivity contribution >= 4 is 23.0 Å². The Morgan fingerprint density at radius 3 is 2.34 bits per heavy atom. The van der Waals surface area contributed by atoms with Crippen LogP contribution in [0.5, 0.6) is 0 Å². The van der Waals surface area contributed by atoms with E-state index < -0.39 is 0 Å². The fourth-order valence-electron chi connectivity index (χ4n) is 3.88. The van der Waals surface area contributed by atoms with Crippen LogP contribution in [0.15, 0.2) is 11.4 Å². The number of aryl methyl sites for hydroxylation is 2. The van der Waals surface area contributed by atoms with Gasteiger partial charge < -0.3 is 5.32 Å². The highest BCUT2D eigenvalue weighted by atomic mass is 32.1. The molecular weight excluding hydrogens is 386 g/mol. The Labute approximate surface area is 175 Å². The van der Waals surface area contributed by atoms with E-state index >= 15 is 0 Å². The summed E-state index contributed by atoms with van der Waals surface area (Å²) in [5.74, 6) is 0.277. The highest BCUT2D eigenvalue weighted by Gasteiger charge is 2.26. The molecule has 0 aromatic carbocycles. The lowest BCUT2D eigenvalue weighted by atomic mass is 10.1. The summed E-state index contributed by atoms with van der Waals surface area (Å²) in [6.07, 6.45) is 2.23. The first-order chi connectivity index (χ1) is 13.9. The van der Waals surface area contributed by atoms with Crippen molar-refractivity contribution in [2.75, 3.05) is 39.3 Å². The molecule has 1 aliphatic carbocycles. The Balaban J connectivity index is 1.32. The quantitative estimate of drug-likeness (QED) is 0.700. The van der Waals surface area contributed by atoms with E-state index in [1.165, 1.54) is 0 Å². The summed E-state index contributed by atoms with van der Waals surface area (Å²) in [4.78, 5) is 33.9. The molecule has 3 heterocycles. The van der Waals surface area contributed by atoms with Crippen LogP contribution in [0.4, 0.5) is 0 Å². The number of aromatic nitrogens is 2. The van der Waals surface area contributed by atoms with Gasteiger partial charge in [0.1, 0.15) is 0 Å². The molecule has 156 valence electrons. The van der Waals surface area contributed by atoms with Crippen molar-refractivity contribution in [3.05, 3.63) is 34.1 Å². The molecule has 8 heteroatoms. The van der Waals surface area contributed by atoms with E-state index in [0.717, 1.165) is 66.8 Å². The van der Waals surface area contributed by atoms with Crippen LogP contribution < -0.4 is 5.32 Å². The molecule has 2 aromatic heterocycles. The predicted molar refractivity (Wildman–Crippen MR) is 114 cm³/mol. The number of rotatable bonds is 7. The summed E-state index contributed by atoms with van der Waals surface area (Å²) < 4.78 is 2.07. The number of nitrogens with one attached hydrogen (secondary N) is 1. The summed E-state index contributed by atoms with van der Waals surface area (Å²) in [6.45, 7) is 10.1. The van der Waals surface area contributed by atoms with Gasteiger partial charge in [0.15, 0.2) is 10.9 Å². The Morgan fingerprint density at radius 2 is 1.76 bits per heavy atom. The van der Waals surface area contributed by atoms with Crippen molar-refractivity contribution in [2.24, 2.45) is 0 Å². The molecule has 0 spiro atoms. The van der Waals surface area contributed by atoms with E-state index in [2.05, 4.69) is 24.7 Å². The van der Waals surface area contributed by atoms with Gasteiger partial charge in [0, 0.05) is 54.6 Å². The molecule has 1 saturated carbocycles. The summed E-state index contributed by atoms with van der Waals surface area (Å²) >= 11 is 1.60. The van der Waals surface area contributed by atoms with Gasteiger partial charge in [-0.3, -0.25) is 24.0 Å². The number of amides is 1. The van der Waals surface area contributed by atoms with E-state index in [1.807, 2.05) is 32.2 Å². The van der Waals surface area contributed by atoms with Gasteiger partial charge in [-0.15, -0.1) is 11.3 Å². The lowest BCUT2D eigenvalue weighted by Gasteiger charge is -2.33. The van der Waals surface area contributed by atoms with E-state index in [4.69, 9.17) is 0 Å². The summed E-state index contributed by atoms with van der Waals surface area (Å²) in [6, 6.07) is 2.39. The number of carbonyl (C=O) groups excluding carboxylic acids is 2. The molecular formula is C21H29N5O2S. The lowest BCUT2D eigenvalue weighted by Crippen LogP contribution is -2.50. The molecule has 0 bridgehead atoms. The van der Waals surface area contributed by atoms with Gasteiger partial charge in [-0.05, 0) is 39.7 Å². The predicted octanol–water partition coefficient (Wildman–Crippen LogP) is 1.94. The Kier molecular flexibility index (Phi) is 5.85. The molecule has 4 rings (SSSR count). The standard InChI is InChI=1S/C21H29N5O2S/c1-14-13-29-21(22-14)26-15(2)10-18(16(26)3)19(27)11-24-6-8-25(9-7-24)12-20(28)23-17-4-5-17/h10,13,17H,4-9,11-12H2,1-3H3,(H,23,28). The second-order valence-corrected chi connectivity index (χ2v) is 9.05. The first-order valence-corrected chi connectivity index (χ1v) is 11.2. The van der Waals surface area contributed by atoms with Crippen LogP contribution in [0, 0.1) is 20.8 Å². The van der Waals surface area contributed by atoms with E-state index in [-0.39, 0.29) is 11.7 Å². The van der Waals surface area contributed by atoms with Crippen molar-refractivity contribution in [1.29, 1.82) is 0 Å². The molecule has 2 fully saturated rings. The Morgan fingerprint density at radius 1 is 1.10 bits per heavy atom. The third-order valence-corrected chi connectivity index (χ3v) is 6.62. The highest BCUT2D eigenvalue weighted by Crippen LogP contribution is 2.24. The van der Waals surface area contributed by atoms with Gasteiger partial charge in [0.2, 0.25) is 5.91 Å². The summed E-state index contributed by atoms with van der Waals surface area (Å²) in [5.41, 5.74) is 3.76. The van der Waals surface area contributed by atoms with Crippen LogP contribution in [-0.2, 0) is 4.79 Å². The zero-order chi connectivity index (χ0) is 20.5. The van der Waals surface area contributed by atoms with E-state index in [9.17, 15) is 9.59 Å². The van der Waals surface area contributed by atoms with Gasteiger partial charge in [0.05, 0.1) is 18.8 Å². The second-order valence-electron chi connectivity index (χ2n) is 8.21. The topological polar surface area (TPSA) is 70.5 Å². The van der Waals surface area contributed by atoms with Crippen molar-refractivity contribution in [1.82, 2.24) is 24.7 Å². The highest BCUT2D eigenvalue weighted by molar-refractivity contribution is 7.12. The van der Waals surface area contributed by atoms with Crippen molar-refractivity contribution in [3.63, 3.8) is 0 Å². The van der Waals surface area contributed by atoms with Gasteiger partial charge in [-0.2, -0.15) is 0 Å². The molecule has 0 radical (unpaired) electrons. The smallest absolute Gasteiger partial charge is 0.234 e. The minimum atomic E-state index is 0.127.